The summed E-state index contributed by atoms with van der Waals surface area (Å²) in [6.07, 6.45) is 7.67. The van der Waals surface area contributed by atoms with Gasteiger partial charge < -0.3 is 5.32 Å². The van der Waals surface area contributed by atoms with Crippen LogP contribution in [0.15, 0.2) is 48.1 Å². The number of urea groups is 1. The molecule has 2 heterocycles. The Bertz CT molecular complexity index is 849. The molecule has 1 saturated carbocycles. The van der Waals surface area contributed by atoms with Crippen LogP contribution in [0.25, 0.3) is 11.0 Å². The van der Waals surface area contributed by atoms with E-state index < -0.39 is 0 Å². The van der Waals surface area contributed by atoms with Crippen LogP contribution in [0.5, 0.6) is 0 Å². The second-order valence-corrected chi connectivity index (χ2v) is 7.66. The van der Waals surface area contributed by atoms with Crippen molar-refractivity contribution < 1.29 is 4.79 Å². The number of thiophene rings is 1. The number of carbonyl (C=O) groups excluding carboxylic acids is 1. The van der Waals surface area contributed by atoms with E-state index in [0.29, 0.717) is 6.54 Å². The molecule has 2 amide bonds. The standard InChI is InChI=1S/C19H22N4OS/c24-18(22-23-14-21-15-7-2-3-8-16(15)23)20-13-19(10-4-1-5-11-19)17-9-6-12-25-17/h2-3,6-9,12,14H,1,4-5,10-11,13H2,(H2,20,22,24). The Morgan fingerprint density at radius 2 is 2.00 bits per heavy atom. The first kappa shape index (κ1) is 16.1. The fraction of sp³-hybridized carbons (Fsp3) is 0.368. The van der Waals surface area contributed by atoms with E-state index in [-0.39, 0.29) is 11.4 Å². The molecule has 4 rings (SSSR count). The van der Waals surface area contributed by atoms with Crippen LogP contribution in [-0.4, -0.2) is 22.2 Å². The summed E-state index contributed by atoms with van der Waals surface area (Å²) in [6, 6.07) is 11.9. The SMILES string of the molecule is O=C(NCC1(c2cccs2)CCCCC1)Nn1cnc2ccccc21. The zero-order valence-corrected chi connectivity index (χ0v) is 14.9. The maximum atomic E-state index is 12.4. The van der Waals surface area contributed by atoms with E-state index in [1.54, 1.807) is 22.3 Å². The number of nitrogens with one attached hydrogen (secondary N) is 2. The molecule has 0 spiro atoms. The Balaban J connectivity index is 1.45. The van der Waals surface area contributed by atoms with Gasteiger partial charge in [-0.05, 0) is 36.4 Å². The summed E-state index contributed by atoms with van der Waals surface area (Å²) < 4.78 is 1.67. The van der Waals surface area contributed by atoms with Crippen molar-refractivity contribution in [3.63, 3.8) is 0 Å². The molecule has 0 saturated heterocycles. The van der Waals surface area contributed by atoms with E-state index in [4.69, 9.17) is 0 Å². The van der Waals surface area contributed by atoms with Gasteiger partial charge in [-0.25, -0.2) is 19.9 Å². The molecule has 0 bridgehead atoms. The molecule has 25 heavy (non-hydrogen) atoms. The van der Waals surface area contributed by atoms with Gasteiger partial charge in [0.15, 0.2) is 0 Å². The quantitative estimate of drug-likeness (QED) is 0.736. The van der Waals surface area contributed by atoms with E-state index in [0.717, 1.165) is 23.9 Å². The number of imidazole rings is 1. The molecule has 0 atom stereocenters. The van der Waals surface area contributed by atoms with Crippen LogP contribution in [0.1, 0.15) is 37.0 Å². The van der Waals surface area contributed by atoms with Crippen molar-refractivity contribution in [3.05, 3.63) is 53.0 Å². The molecule has 1 aliphatic rings. The predicted molar refractivity (Wildman–Crippen MR) is 102 cm³/mol. The predicted octanol–water partition coefficient (Wildman–Crippen LogP) is 4.25. The number of rotatable bonds is 4. The Labute approximate surface area is 151 Å². The lowest BCUT2D eigenvalue weighted by atomic mass is 9.73. The molecule has 0 unspecified atom stereocenters. The Morgan fingerprint density at radius 3 is 2.80 bits per heavy atom. The summed E-state index contributed by atoms with van der Waals surface area (Å²) in [6.45, 7) is 0.673. The monoisotopic (exact) mass is 354 g/mol. The molecule has 3 aromatic rings. The zero-order chi connectivity index (χ0) is 17.1. The summed E-state index contributed by atoms with van der Waals surface area (Å²) in [7, 11) is 0. The Hall–Kier alpha value is -2.34. The lowest BCUT2D eigenvalue weighted by molar-refractivity contribution is 0.238. The fourth-order valence-electron chi connectivity index (χ4n) is 3.77. The molecule has 2 N–H and O–H groups in total. The highest BCUT2D eigenvalue weighted by atomic mass is 32.1. The minimum atomic E-state index is -0.190. The van der Waals surface area contributed by atoms with Gasteiger partial charge in [0.25, 0.3) is 0 Å². The summed E-state index contributed by atoms with van der Waals surface area (Å²) in [5.41, 5.74) is 4.72. The van der Waals surface area contributed by atoms with Crippen LogP contribution < -0.4 is 10.7 Å². The van der Waals surface area contributed by atoms with Gasteiger partial charge in [0.05, 0.1) is 11.0 Å². The van der Waals surface area contributed by atoms with Crippen molar-refractivity contribution in [1.82, 2.24) is 15.0 Å². The van der Waals surface area contributed by atoms with Gasteiger partial charge >= 0.3 is 6.03 Å². The van der Waals surface area contributed by atoms with E-state index in [1.807, 2.05) is 24.3 Å². The summed E-state index contributed by atoms with van der Waals surface area (Å²) in [4.78, 5) is 18.1. The minimum absolute atomic E-state index is 0.0841. The molecule has 0 radical (unpaired) electrons. The van der Waals surface area contributed by atoms with Crippen LogP contribution in [-0.2, 0) is 5.41 Å². The summed E-state index contributed by atoms with van der Waals surface area (Å²) in [5.74, 6) is 0. The number of carbonyl (C=O) groups is 1. The molecule has 5 nitrogen and oxygen atoms in total. The fourth-order valence-corrected chi connectivity index (χ4v) is 4.75. The molecule has 1 fully saturated rings. The number of para-hydroxylation sites is 2. The second-order valence-electron chi connectivity index (χ2n) is 6.72. The van der Waals surface area contributed by atoms with Crippen molar-refractivity contribution in [3.8, 4) is 0 Å². The zero-order valence-electron chi connectivity index (χ0n) is 14.1. The normalized spacial score (nSPS) is 16.6. The van der Waals surface area contributed by atoms with Gasteiger partial charge in [-0.1, -0.05) is 37.5 Å². The van der Waals surface area contributed by atoms with Gasteiger partial charge in [-0.3, -0.25) is 0 Å². The van der Waals surface area contributed by atoms with Crippen molar-refractivity contribution in [2.45, 2.75) is 37.5 Å². The number of aromatic nitrogens is 2. The second kappa shape index (κ2) is 6.88. The molecular weight excluding hydrogens is 332 g/mol. The molecule has 130 valence electrons. The van der Waals surface area contributed by atoms with Crippen LogP contribution in [0.2, 0.25) is 0 Å². The summed E-state index contributed by atoms with van der Waals surface area (Å²) >= 11 is 1.80. The third-order valence-corrected chi connectivity index (χ3v) is 6.23. The van der Waals surface area contributed by atoms with Crippen LogP contribution in [0, 0.1) is 0 Å². The van der Waals surface area contributed by atoms with Gasteiger partial charge in [-0.15, -0.1) is 11.3 Å². The van der Waals surface area contributed by atoms with Gasteiger partial charge in [0.2, 0.25) is 0 Å². The Morgan fingerprint density at radius 1 is 1.16 bits per heavy atom. The highest BCUT2D eigenvalue weighted by Crippen LogP contribution is 2.41. The van der Waals surface area contributed by atoms with Gasteiger partial charge in [0, 0.05) is 16.8 Å². The smallest absolute Gasteiger partial charge is 0.333 e. The topological polar surface area (TPSA) is 59.0 Å². The van der Waals surface area contributed by atoms with Crippen LogP contribution in [0.3, 0.4) is 0 Å². The Kier molecular flexibility index (Phi) is 4.44. The average molecular weight is 354 g/mol. The van der Waals surface area contributed by atoms with Crippen molar-refractivity contribution in [2.24, 2.45) is 0 Å². The van der Waals surface area contributed by atoms with Crippen LogP contribution >= 0.6 is 11.3 Å². The number of fused-ring (bicyclic) bond motifs is 1. The first-order valence-corrected chi connectivity index (χ1v) is 9.66. The third kappa shape index (κ3) is 3.26. The molecule has 1 aromatic carbocycles. The summed E-state index contributed by atoms with van der Waals surface area (Å²) in [5, 5.41) is 5.22. The van der Waals surface area contributed by atoms with Crippen molar-refractivity contribution in [1.29, 1.82) is 0 Å². The van der Waals surface area contributed by atoms with E-state index in [2.05, 4.69) is 33.2 Å². The lowest BCUT2D eigenvalue weighted by Gasteiger charge is -2.36. The number of benzene rings is 1. The molecule has 1 aliphatic carbocycles. The largest absolute Gasteiger partial charge is 0.336 e. The van der Waals surface area contributed by atoms with E-state index in [1.165, 1.54) is 24.1 Å². The number of amides is 2. The number of nitrogens with zero attached hydrogens (tertiary/aromatic N) is 2. The van der Waals surface area contributed by atoms with Gasteiger partial charge in [0.1, 0.15) is 6.33 Å². The third-order valence-electron chi connectivity index (χ3n) is 5.12. The minimum Gasteiger partial charge on any atom is -0.336 e. The van der Waals surface area contributed by atoms with E-state index in [9.17, 15) is 4.79 Å². The highest BCUT2D eigenvalue weighted by molar-refractivity contribution is 7.10. The first-order chi connectivity index (χ1) is 12.3. The average Bonchev–Trinajstić information content (AvgIpc) is 3.32. The van der Waals surface area contributed by atoms with Crippen LogP contribution in [0.4, 0.5) is 4.79 Å². The molecular formula is C19H22N4OS. The van der Waals surface area contributed by atoms with Crippen molar-refractivity contribution in [2.75, 3.05) is 12.0 Å². The van der Waals surface area contributed by atoms with Crippen molar-refractivity contribution >= 4 is 28.4 Å². The highest BCUT2D eigenvalue weighted by Gasteiger charge is 2.35. The van der Waals surface area contributed by atoms with E-state index >= 15 is 0 Å². The molecule has 2 aromatic heterocycles. The number of hydrogen-bond donors (Lipinski definition) is 2. The molecule has 6 heteroatoms. The first-order valence-electron chi connectivity index (χ1n) is 8.78. The van der Waals surface area contributed by atoms with Gasteiger partial charge in [-0.2, -0.15) is 0 Å². The number of hydrogen-bond acceptors (Lipinski definition) is 3. The lowest BCUT2D eigenvalue weighted by Crippen LogP contribution is -2.44. The maximum Gasteiger partial charge on any atom is 0.333 e. The molecule has 0 aliphatic heterocycles. The maximum absolute atomic E-state index is 12.4.